The number of aromatic amines is 1. The highest BCUT2D eigenvalue weighted by Gasteiger charge is 2.24. The van der Waals surface area contributed by atoms with Crippen molar-refractivity contribution >= 4 is 48.8 Å². The van der Waals surface area contributed by atoms with Crippen LogP contribution in [0.5, 0.6) is 0 Å². The Balaban J connectivity index is 1.73. The zero-order valence-corrected chi connectivity index (χ0v) is 20.9. The first kappa shape index (κ1) is 26.0. The topological polar surface area (TPSA) is 196 Å². The Morgan fingerprint density at radius 3 is 2.08 bits per heavy atom. The second-order valence-corrected chi connectivity index (χ2v) is 10.8. The maximum atomic E-state index is 12.8. The third-order valence-electron chi connectivity index (χ3n) is 5.41. The predicted octanol–water partition coefficient (Wildman–Crippen LogP) is 2.64. The summed E-state index contributed by atoms with van der Waals surface area (Å²) < 4.78 is 67.6. The lowest BCUT2D eigenvalue weighted by molar-refractivity contribution is 0.0962. The Hall–Kier alpha value is -4.11. The number of fused-ring (bicyclic) bond motifs is 1. The van der Waals surface area contributed by atoms with Crippen molar-refractivity contribution < 1.29 is 35.5 Å². The first-order valence-electron chi connectivity index (χ1n) is 10.5. The molecular weight excluding hydrogens is 524 g/mol. The molecule has 0 aliphatic heterocycles. The van der Waals surface area contributed by atoms with Gasteiger partial charge in [0.1, 0.15) is 9.79 Å². The molecule has 0 radical (unpaired) electrons. The van der Waals surface area contributed by atoms with Crippen LogP contribution in [-0.4, -0.2) is 54.8 Å². The van der Waals surface area contributed by atoms with Crippen molar-refractivity contribution in [2.75, 3.05) is 12.4 Å². The zero-order chi connectivity index (χ0) is 27.1. The van der Waals surface area contributed by atoms with Crippen LogP contribution in [0.1, 0.15) is 26.5 Å². The molecule has 1 heterocycles. The van der Waals surface area contributed by atoms with Crippen LogP contribution in [0.2, 0.25) is 0 Å². The number of benzene rings is 3. The molecule has 192 valence electrons. The number of hydrogen-bond donors (Lipinski definition) is 5. The van der Waals surface area contributed by atoms with Gasteiger partial charge in [-0.15, -0.1) is 0 Å². The van der Waals surface area contributed by atoms with Crippen LogP contribution in [0.25, 0.3) is 22.2 Å². The van der Waals surface area contributed by atoms with E-state index in [1.54, 1.807) is 13.0 Å². The van der Waals surface area contributed by atoms with Gasteiger partial charge < -0.3 is 15.6 Å². The number of imidazole rings is 1. The fourth-order valence-corrected chi connectivity index (χ4v) is 5.22. The first-order valence-corrected chi connectivity index (χ1v) is 13.4. The summed E-state index contributed by atoms with van der Waals surface area (Å²) >= 11 is 0. The summed E-state index contributed by atoms with van der Waals surface area (Å²) in [7, 11) is -8.16. The number of hydrogen-bond acceptors (Lipinski definition) is 7. The van der Waals surface area contributed by atoms with Gasteiger partial charge in [0.25, 0.3) is 32.1 Å². The molecule has 37 heavy (non-hydrogen) atoms. The minimum absolute atomic E-state index is 0.0478. The number of carbonyl (C=O) groups excluding carboxylic acids is 2. The van der Waals surface area contributed by atoms with Gasteiger partial charge in [-0.2, -0.15) is 16.8 Å². The van der Waals surface area contributed by atoms with Crippen LogP contribution in [0.15, 0.2) is 64.4 Å². The number of carbonyl (C=O) groups is 2. The smallest absolute Gasteiger partial charge is 0.295 e. The standard InChI is InChI=1S/C23H20N4O8S2/c1-12-3-6-15(19(9-12)36(30,31)32)16-7-5-14(11-20(16)37(33,34)35)25-23(29)21-26-17-8-4-13(22(28)24-2)10-18(17)27-21/h3-11H,1-2H3,(H,24,28)(H,25,29)(H,26,27)(H,30,31,32)(H,33,34,35). The van der Waals surface area contributed by atoms with E-state index in [-0.39, 0.29) is 28.5 Å². The summed E-state index contributed by atoms with van der Waals surface area (Å²) in [5, 5.41) is 4.94. The monoisotopic (exact) mass is 544 g/mol. The van der Waals surface area contributed by atoms with Gasteiger partial charge in [-0.05, 0) is 48.9 Å². The second-order valence-electron chi connectivity index (χ2n) is 8.01. The number of anilines is 1. The van der Waals surface area contributed by atoms with Gasteiger partial charge in [-0.25, -0.2) is 4.98 Å². The lowest BCUT2D eigenvalue weighted by atomic mass is 10.0. The fraction of sp³-hybridized carbons (Fsp3) is 0.0870. The molecule has 0 atom stereocenters. The Kier molecular flexibility index (Phi) is 6.60. The molecule has 4 aromatic rings. The van der Waals surface area contributed by atoms with Gasteiger partial charge in [0.15, 0.2) is 5.82 Å². The van der Waals surface area contributed by atoms with Crippen LogP contribution >= 0.6 is 0 Å². The minimum atomic E-state index is -4.90. The first-order chi connectivity index (χ1) is 17.3. The van der Waals surface area contributed by atoms with Crippen LogP contribution < -0.4 is 10.6 Å². The van der Waals surface area contributed by atoms with Gasteiger partial charge in [0, 0.05) is 29.4 Å². The van der Waals surface area contributed by atoms with Crippen molar-refractivity contribution in [3.05, 3.63) is 71.5 Å². The molecule has 0 saturated heterocycles. The summed E-state index contributed by atoms with van der Waals surface area (Å²) in [5.41, 5.74) is 1.23. The summed E-state index contributed by atoms with van der Waals surface area (Å²) in [5.74, 6) is -1.21. The Bertz CT molecular complexity index is 1790. The molecule has 0 unspecified atom stereocenters. The normalized spacial score (nSPS) is 11.9. The summed E-state index contributed by atoms with van der Waals surface area (Å²) in [6.45, 7) is 1.58. The van der Waals surface area contributed by atoms with Crippen molar-refractivity contribution in [3.63, 3.8) is 0 Å². The molecule has 0 aliphatic carbocycles. The number of nitrogens with one attached hydrogen (secondary N) is 3. The highest BCUT2D eigenvalue weighted by atomic mass is 32.2. The van der Waals surface area contributed by atoms with Crippen molar-refractivity contribution in [2.45, 2.75) is 16.7 Å². The lowest BCUT2D eigenvalue weighted by Gasteiger charge is -2.13. The van der Waals surface area contributed by atoms with Crippen molar-refractivity contribution in [3.8, 4) is 11.1 Å². The number of aromatic nitrogens is 2. The van der Waals surface area contributed by atoms with Crippen molar-refractivity contribution in [2.24, 2.45) is 0 Å². The highest BCUT2D eigenvalue weighted by molar-refractivity contribution is 7.86. The van der Waals surface area contributed by atoms with Gasteiger partial charge >= 0.3 is 0 Å². The molecule has 0 aliphatic rings. The maximum absolute atomic E-state index is 12.8. The van der Waals surface area contributed by atoms with E-state index < -0.39 is 35.9 Å². The van der Waals surface area contributed by atoms with Crippen molar-refractivity contribution in [1.82, 2.24) is 15.3 Å². The molecule has 0 bridgehead atoms. The molecule has 5 N–H and O–H groups in total. The summed E-state index contributed by atoms with van der Waals surface area (Å²) in [4.78, 5) is 30.3. The molecular formula is C23H20N4O8S2. The van der Waals surface area contributed by atoms with E-state index in [0.717, 1.165) is 12.1 Å². The summed E-state index contributed by atoms with van der Waals surface area (Å²) in [6.07, 6.45) is 0. The molecule has 14 heteroatoms. The van der Waals surface area contributed by atoms with E-state index >= 15 is 0 Å². The predicted molar refractivity (Wildman–Crippen MR) is 134 cm³/mol. The molecule has 0 saturated carbocycles. The van der Waals surface area contributed by atoms with Crippen LogP contribution in [0.4, 0.5) is 5.69 Å². The van der Waals surface area contributed by atoms with E-state index in [9.17, 15) is 35.5 Å². The average molecular weight is 545 g/mol. The van der Waals surface area contributed by atoms with Gasteiger partial charge in [-0.3, -0.25) is 18.7 Å². The quantitative estimate of drug-likeness (QED) is 0.227. The van der Waals surface area contributed by atoms with Crippen molar-refractivity contribution in [1.29, 1.82) is 0 Å². The zero-order valence-electron chi connectivity index (χ0n) is 19.3. The lowest BCUT2D eigenvalue weighted by Crippen LogP contribution is -2.17. The molecule has 4 rings (SSSR count). The van der Waals surface area contributed by atoms with E-state index in [0.29, 0.717) is 22.2 Å². The van der Waals surface area contributed by atoms with Gasteiger partial charge in [0.05, 0.1) is 11.0 Å². The van der Waals surface area contributed by atoms with Crippen LogP contribution in [0, 0.1) is 6.92 Å². The number of H-pyrrole nitrogens is 1. The summed E-state index contributed by atoms with van der Waals surface area (Å²) in [6, 6.07) is 12.0. The Morgan fingerprint density at radius 2 is 1.46 bits per heavy atom. The number of rotatable bonds is 6. The third kappa shape index (κ3) is 5.36. The number of nitrogens with zero attached hydrogens (tertiary/aromatic N) is 1. The molecule has 12 nitrogen and oxygen atoms in total. The van der Waals surface area contributed by atoms with Crippen LogP contribution in [0.3, 0.4) is 0 Å². The molecule has 0 spiro atoms. The van der Waals surface area contributed by atoms with E-state index in [1.165, 1.54) is 43.4 Å². The minimum Gasteiger partial charge on any atom is -0.355 e. The second kappa shape index (κ2) is 9.40. The maximum Gasteiger partial charge on any atom is 0.295 e. The van der Waals surface area contributed by atoms with E-state index in [1.807, 2.05) is 0 Å². The van der Waals surface area contributed by atoms with E-state index in [2.05, 4.69) is 20.6 Å². The number of amides is 2. The molecule has 0 fully saturated rings. The Labute approximate surface area is 211 Å². The van der Waals surface area contributed by atoms with Gasteiger partial charge in [-0.1, -0.05) is 18.2 Å². The molecule has 2 amide bonds. The third-order valence-corrected chi connectivity index (χ3v) is 7.20. The largest absolute Gasteiger partial charge is 0.355 e. The SMILES string of the molecule is CNC(=O)c1ccc2nc(C(=O)Nc3ccc(-c4ccc(C)cc4S(=O)(=O)O)c(S(=O)(=O)O)c3)[nH]c2c1. The van der Waals surface area contributed by atoms with Crippen LogP contribution in [-0.2, 0) is 20.2 Å². The number of aryl methyl sites for hydroxylation is 1. The Morgan fingerprint density at radius 1 is 0.838 bits per heavy atom. The van der Waals surface area contributed by atoms with E-state index in [4.69, 9.17) is 0 Å². The fourth-order valence-electron chi connectivity index (χ4n) is 3.69. The average Bonchev–Trinajstić information content (AvgIpc) is 3.26. The van der Waals surface area contributed by atoms with Gasteiger partial charge in [0.2, 0.25) is 0 Å². The highest BCUT2D eigenvalue weighted by Crippen LogP contribution is 2.35. The molecule has 3 aromatic carbocycles. The molecule has 1 aromatic heterocycles.